The third kappa shape index (κ3) is 8.66. The minimum Gasteiger partial charge on any atom is -0.467 e. The monoisotopic (exact) mass is 380 g/mol. The average molecular weight is 380 g/mol. The van der Waals surface area contributed by atoms with E-state index in [0.29, 0.717) is 12.1 Å². The maximum absolute atomic E-state index is 12.9. The van der Waals surface area contributed by atoms with Gasteiger partial charge in [0.25, 0.3) is 0 Å². The van der Waals surface area contributed by atoms with E-state index in [1.165, 1.54) is 31.4 Å². The van der Waals surface area contributed by atoms with Crippen molar-refractivity contribution in [3.63, 3.8) is 0 Å². The molecule has 7 heteroatoms. The van der Waals surface area contributed by atoms with Crippen LogP contribution >= 0.6 is 0 Å². The van der Waals surface area contributed by atoms with Gasteiger partial charge in [0.1, 0.15) is 11.9 Å². The Hall–Kier alpha value is -2.44. The first-order valence-corrected chi connectivity index (χ1v) is 8.95. The highest BCUT2D eigenvalue weighted by atomic mass is 19.1. The summed E-state index contributed by atoms with van der Waals surface area (Å²) in [5, 5.41) is 5.38. The van der Waals surface area contributed by atoms with Crippen LogP contribution in [0.3, 0.4) is 0 Å². The Bertz CT molecular complexity index is 656. The molecule has 1 rings (SSSR count). The van der Waals surface area contributed by atoms with Crippen molar-refractivity contribution in [3.8, 4) is 0 Å². The van der Waals surface area contributed by atoms with Crippen molar-refractivity contribution in [1.29, 1.82) is 0 Å². The maximum atomic E-state index is 12.9. The molecule has 0 aliphatic carbocycles. The Morgan fingerprint density at radius 2 is 1.63 bits per heavy atom. The molecule has 6 nitrogen and oxygen atoms in total. The third-order valence-electron chi connectivity index (χ3n) is 3.93. The number of amides is 2. The van der Waals surface area contributed by atoms with Crippen molar-refractivity contribution in [2.24, 2.45) is 11.3 Å². The van der Waals surface area contributed by atoms with Crippen LogP contribution in [0, 0.1) is 17.2 Å². The first-order chi connectivity index (χ1) is 12.5. The van der Waals surface area contributed by atoms with E-state index in [-0.39, 0.29) is 36.4 Å². The lowest BCUT2D eigenvalue weighted by molar-refractivity contribution is -0.145. The molecular formula is C20H29FN2O4. The lowest BCUT2D eigenvalue weighted by Crippen LogP contribution is -2.43. The number of anilines is 1. The van der Waals surface area contributed by atoms with E-state index in [9.17, 15) is 18.8 Å². The molecule has 2 amide bonds. The first-order valence-electron chi connectivity index (χ1n) is 8.95. The fraction of sp³-hybridized carbons (Fsp3) is 0.550. The normalized spacial score (nSPS) is 12.4. The van der Waals surface area contributed by atoms with Gasteiger partial charge >= 0.3 is 5.97 Å². The van der Waals surface area contributed by atoms with E-state index in [0.717, 1.165) is 0 Å². The van der Waals surface area contributed by atoms with Gasteiger partial charge in [0.2, 0.25) is 11.8 Å². The van der Waals surface area contributed by atoms with E-state index in [1.807, 2.05) is 13.8 Å². The van der Waals surface area contributed by atoms with Crippen LogP contribution in [-0.2, 0) is 19.1 Å². The average Bonchev–Trinajstić information content (AvgIpc) is 2.53. The Morgan fingerprint density at radius 3 is 2.15 bits per heavy atom. The number of carbonyl (C=O) groups excluding carboxylic acids is 3. The predicted octanol–water partition coefficient (Wildman–Crippen LogP) is 3.27. The van der Waals surface area contributed by atoms with Gasteiger partial charge in [-0.05, 0) is 42.0 Å². The standard InChI is InChI=1S/C20H29FN2O4/c1-13(2)10-16(19(26)27-5)23-18(25)12-20(3,4)11-17(24)22-15-8-6-14(21)7-9-15/h6-9,13,16H,10-12H2,1-5H3,(H,22,24)(H,23,25). The fourth-order valence-corrected chi connectivity index (χ4v) is 2.74. The SMILES string of the molecule is COC(=O)C(CC(C)C)NC(=O)CC(C)(C)CC(=O)Nc1ccc(F)cc1. The number of nitrogens with one attached hydrogen (secondary N) is 2. The molecule has 0 aromatic heterocycles. The van der Waals surface area contributed by atoms with Crippen LogP contribution in [-0.4, -0.2) is 30.9 Å². The molecule has 0 fully saturated rings. The molecule has 1 unspecified atom stereocenters. The Morgan fingerprint density at radius 1 is 1.07 bits per heavy atom. The molecule has 0 heterocycles. The number of carbonyl (C=O) groups is 3. The highest BCUT2D eigenvalue weighted by molar-refractivity contribution is 5.91. The number of benzene rings is 1. The van der Waals surface area contributed by atoms with E-state index in [1.54, 1.807) is 13.8 Å². The summed E-state index contributed by atoms with van der Waals surface area (Å²) in [7, 11) is 1.28. The van der Waals surface area contributed by atoms with Gasteiger partial charge in [-0.25, -0.2) is 9.18 Å². The lowest BCUT2D eigenvalue weighted by Gasteiger charge is -2.25. The van der Waals surface area contributed by atoms with E-state index >= 15 is 0 Å². The van der Waals surface area contributed by atoms with Gasteiger partial charge in [0.15, 0.2) is 0 Å². The van der Waals surface area contributed by atoms with Gasteiger partial charge in [-0.2, -0.15) is 0 Å². The summed E-state index contributed by atoms with van der Waals surface area (Å²) in [5.41, 5.74) is -0.128. The second-order valence-corrected chi connectivity index (χ2v) is 7.85. The second kappa shape index (κ2) is 10.0. The summed E-state index contributed by atoms with van der Waals surface area (Å²) in [4.78, 5) is 36.4. The summed E-state index contributed by atoms with van der Waals surface area (Å²) in [5.74, 6) is -1.24. The van der Waals surface area contributed by atoms with Crippen LogP contribution < -0.4 is 10.6 Å². The minimum absolute atomic E-state index is 0.0788. The van der Waals surface area contributed by atoms with Gasteiger partial charge in [-0.3, -0.25) is 9.59 Å². The fourth-order valence-electron chi connectivity index (χ4n) is 2.74. The molecule has 1 atom stereocenters. The van der Waals surface area contributed by atoms with Crippen LogP contribution in [0.1, 0.15) is 47.0 Å². The molecule has 0 bridgehead atoms. The third-order valence-corrected chi connectivity index (χ3v) is 3.93. The Balaban J connectivity index is 2.60. The van der Waals surface area contributed by atoms with E-state index < -0.39 is 17.4 Å². The molecule has 0 saturated carbocycles. The maximum Gasteiger partial charge on any atom is 0.328 e. The zero-order chi connectivity index (χ0) is 20.6. The summed E-state index contributed by atoms with van der Waals surface area (Å²) >= 11 is 0. The minimum atomic E-state index is -0.702. The highest BCUT2D eigenvalue weighted by Crippen LogP contribution is 2.26. The molecule has 150 valence electrons. The topological polar surface area (TPSA) is 84.5 Å². The van der Waals surface area contributed by atoms with Gasteiger partial charge in [-0.1, -0.05) is 27.7 Å². The smallest absolute Gasteiger partial charge is 0.328 e. The summed E-state index contributed by atoms with van der Waals surface area (Å²) in [6, 6.07) is 4.76. The largest absolute Gasteiger partial charge is 0.467 e. The van der Waals surface area contributed by atoms with Gasteiger partial charge in [-0.15, -0.1) is 0 Å². The van der Waals surface area contributed by atoms with Gasteiger partial charge < -0.3 is 15.4 Å². The predicted molar refractivity (Wildman–Crippen MR) is 101 cm³/mol. The highest BCUT2D eigenvalue weighted by Gasteiger charge is 2.28. The number of halogens is 1. The number of esters is 1. The van der Waals surface area contributed by atoms with Crippen LogP contribution in [0.2, 0.25) is 0 Å². The summed E-state index contributed by atoms with van der Waals surface area (Å²) < 4.78 is 17.7. The molecule has 0 radical (unpaired) electrons. The van der Waals surface area contributed by atoms with Crippen molar-refractivity contribution in [2.75, 3.05) is 12.4 Å². The molecule has 1 aromatic rings. The number of ether oxygens (including phenoxy) is 1. The van der Waals surface area contributed by atoms with Crippen LogP contribution in [0.5, 0.6) is 0 Å². The van der Waals surface area contributed by atoms with Crippen molar-refractivity contribution in [2.45, 2.75) is 53.0 Å². The van der Waals surface area contributed by atoms with Gasteiger partial charge in [0, 0.05) is 18.5 Å². The van der Waals surface area contributed by atoms with Gasteiger partial charge in [0.05, 0.1) is 7.11 Å². The van der Waals surface area contributed by atoms with E-state index in [4.69, 9.17) is 4.74 Å². The van der Waals surface area contributed by atoms with Crippen molar-refractivity contribution >= 4 is 23.5 Å². The molecule has 27 heavy (non-hydrogen) atoms. The zero-order valence-electron chi connectivity index (χ0n) is 16.6. The van der Waals surface area contributed by atoms with Crippen molar-refractivity contribution < 1.29 is 23.5 Å². The Labute approximate surface area is 159 Å². The number of hydrogen-bond acceptors (Lipinski definition) is 4. The first kappa shape index (κ1) is 22.6. The van der Waals surface area contributed by atoms with Crippen LogP contribution in [0.4, 0.5) is 10.1 Å². The van der Waals surface area contributed by atoms with Crippen LogP contribution in [0.15, 0.2) is 24.3 Å². The summed E-state index contributed by atoms with van der Waals surface area (Å²) in [6.07, 6.45) is 0.657. The van der Waals surface area contributed by atoms with Crippen molar-refractivity contribution in [3.05, 3.63) is 30.1 Å². The number of methoxy groups -OCH3 is 1. The molecule has 1 aromatic carbocycles. The van der Waals surface area contributed by atoms with Crippen molar-refractivity contribution in [1.82, 2.24) is 5.32 Å². The zero-order valence-corrected chi connectivity index (χ0v) is 16.6. The molecule has 2 N–H and O–H groups in total. The molecular weight excluding hydrogens is 351 g/mol. The quantitative estimate of drug-likeness (QED) is 0.644. The van der Waals surface area contributed by atoms with E-state index in [2.05, 4.69) is 10.6 Å². The number of rotatable bonds is 9. The molecule has 0 aliphatic heterocycles. The molecule has 0 saturated heterocycles. The van der Waals surface area contributed by atoms with Crippen LogP contribution in [0.25, 0.3) is 0 Å². The number of hydrogen-bond donors (Lipinski definition) is 2. The lowest BCUT2D eigenvalue weighted by atomic mass is 9.84. The Kier molecular flexibility index (Phi) is 8.40. The molecule has 0 spiro atoms. The summed E-state index contributed by atoms with van der Waals surface area (Å²) in [6.45, 7) is 7.50. The molecule has 0 aliphatic rings. The second-order valence-electron chi connectivity index (χ2n) is 7.85.